The van der Waals surface area contributed by atoms with Crippen LogP contribution in [0.15, 0.2) is 41.3 Å². The zero-order chi connectivity index (χ0) is 16.1. The molecule has 0 saturated carbocycles. The van der Waals surface area contributed by atoms with E-state index in [-0.39, 0.29) is 19.0 Å². The van der Waals surface area contributed by atoms with E-state index in [9.17, 15) is 9.90 Å². The topological polar surface area (TPSA) is 78.6 Å². The molecule has 6 nitrogen and oxygen atoms in total. The monoisotopic (exact) mass is 351 g/mol. The number of piperidine rings is 1. The van der Waals surface area contributed by atoms with Crippen molar-refractivity contribution in [3.05, 3.63) is 48.2 Å². The Morgan fingerprint density at radius 3 is 2.58 bits per heavy atom. The molecule has 2 N–H and O–H groups in total. The Kier molecular flexibility index (Phi) is 6.63. The molecule has 1 amide bonds. The number of nitrogens with zero attached hydrogens (tertiary/aromatic N) is 2. The van der Waals surface area contributed by atoms with Crippen LogP contribution in [0.4, 0.5) is 10.5 Å². The van der Waals surface area contributed by atoms with E-state index in [4.69, 9.17) is 4.42 Å². The number of amides is 1. The first-order valence-corrected chi connectivity index (χ1v) is 7.90. The molecule has 0 spiro atoms. The second kappa shape index (κ2) is 8.70. The fourth-order valence-electron chi connectivity index (χ4n) is 2.98. The Balaban J connectivity index is 0.00000208. The van der Waals surface area contributed by atoms with E-state index in [0.717, 1.165) is 19.5 Å². The largest absolute Gasteiger partial charge is 0.465 e. The third kappa shape index (κ3) is 4.72. The van der Waals surface area contributed by atoms with Crippen LogP contribution < -0.4 is 10.2 Å². The van der Waals surface area contributed by atoms with Gasteiger partial charge in [-0.05, 0) is 56.0 Å². The van der Waals surface area contributed by atoms with Gasteiger partial charge < -0.3 is 14.8 Å². The maximum absolute atomic E-state index is 11.5. The summed E-state index contributed by atoms with van der Waals surface area (Å²) in [5.74, 6) is 1.23. The Bertz CT molecular complexity index is 625. The summed E-state index contributed by atoms with van der Waals surface area (Å²) in [6.07, 6.45) is 5.28. The van der Waals surface area contributed by atoms with Crippen molar-refractivity contribution < 1.29 is 14.3 Å². The van der Waals surface area contributed by atoms with Crippen LogP contribution in [0.3, 0.4) is 0 Å². The van der Waals surface area contributed by atoms with Crippen LogP contribution in [0.2, 0.25) is 0 Å². The highest BCUT2D eigenvalue weighted by Gasteiger charge is 2.17. The molecule has 2 aromatic rings. The Hall–Kier alpha value is -2.05. The Morgan fingerprint density at radius 1 is 1.29 bits per heavy atom. The molecule has 1 aliphatic rings. The molecule has 0 atom stereocenters. The fourth-order valence-corrected chi connectivity index (χ4v) is 2.98. The van der Waals surface area contributed by atoms with Crippen molar-refractivity contribution in [3.8, 4) is 0 Å². The Morgan fingerprint density at radius 2 is 2.00 bits per heavy atom. The van der Waals surface area contributed by atoms with E-state index in [1.54, 1.807) is 0 Å². The number of anilines is 1. The van der Waals surface area contributed by atoms with Crippen molar-refractivity contribution in [1.29, 1.82) is 0 Å². The minimum absolute atomic E-state index is 0. The number of hydrogen-bond acceptors (Lipinski definition) is 4. The lowest BCUT2D eigenvalue weighted by molar-refractivity contribution is 0.200. The second-order valence-electron chi connectivity index (χ2n) is 5.90. The van der Waals surface area contributed by atoms with Crippen LogP contribution >= 0.6 is 12.4 Å². The van der Waals surface area contributed by atoms with Gasteiger partial charge in [-0.3, -0.25) is 4.90 Å². The molecule has 1 fully saturated rings. The number of rotatable bonds is 5. The van der Waals surface area contributed by atoms with Crippen LogP contribution in [-0.2, 0) is 13.0 Å². The zero-order valence-corrected chi connectivity index (χ0v) is 14.2. The van der Waals surface area contributed by atoms with Crippen molar-refractivity contribution in [2.24, 2.45) is 5.92 Å². The summed E-state index contributed by atoms with van der Waals surface area (Å²) in [5, 5.41) is 12.8. The molecule has 24 heavy (non-hydrogen) atoms. The van der Waals surface area contributed by atoms with Crippen LogP contribution in [-0.4, -0.2) is 29.3 Å². The molecule has 0 aliphatic carbocycles. The van der Waals surface area contributed by atoms with Crippen molar-refractivity contribution >= 4 is 24.2 Å². The van der Waals surface area contributed by atoms with Crippen molar-refractivity contribution in [2.75, 3.05) is 18.0 Å². The SMILES string of the molecule is Cl.O=C(O)N(Cc1cnco1)c1ccc(CC2CCNCC2)cc1. The van der Waals surface area contributed by atoms with Gasteiger partial charge in [0.15, 0.2) is 6.39 Å². The highest BCUT2D eigenvalue weighted by molar-refractivity contribution is 5.86. The minimum atomic E-state index is -1.01. The third-order valence-corrected chi connectivity index (χ3v) is 4.26. The molecule has 7 heteroatoms. The van der Waals surface area contributed by atoms with Crippen molar-refractivity contribution in [2.45, 2.75) is 25.8 Å². The number of nitrogens with one attached hydrogen (secondary N) is 1. The summed E-state index contributed by atoms with van der Waals surface area (Å²) in [6, 6.07) is 7.77. The van der Waals surface area contributed by atoms with Gasteiger partial charge >= 0.3 is 6.09 Å². The van der Waals surface area contributed by atoms with Crippen molar-refractivity contribution in [1.82, 2.24) is 10.3 Å². The highest BCUT2D eigenvalue weighted by atomic mass is 35.5. The van der Waals surface area contributed by atoms with Gasteiger partial charge in [0, 0.05) is 5.69 Å². The van der Waals surface area contributed by atoms with Crippen LogP contribution in [0.1, 0.15) is 24.2 Å². The lowest BCUT2D eigenvalue weighted by atomic mass is 9.91. The molecule has 0 unspecified atom stereocenters. The fraction of sp³-hybridized carbons (Fsp3) is 0.412. The molecule has 2 heterocycles. The number of halogens is 1. The molecule has 0 bridgehead atoms. The van der Waals surface area contributed by atoms with Crippen molar-refractivity contribution in [3.63, 3.8) is 0 Å². The number of oxazole rings is 1. The van der Waals surface area contributed by atoms with Gasteiger partial charge in [0.2, 0.25) is 0 Å². The van der Waals surface area contributed by atoms with Gasteiger partial charge in [-0.25, -0.2) is 9.78 Å². The van der Waals surface area contributed by atoms with Gasteiger partial charge in [0.1, 0.15) is 5.76 Å². The number of benzene rings is 1. The summed E-state index contributed by atoms with van der Waals surface area (Å²) < 4.78 is 5.14. The number of carbonyl (C=O) groups is 1. The maximum Gasteiger partial charge on any atom is 0.412 e. The molecule has 3 rings (SSSR count). The lowest BCUT2D eigenvalue weighted by Crippen LogP contribution is -2.29. The highest BCUT2D eigenvalue weighted by Crippen LogP contribution is 2.22. The lowest BCUT2D eigenvalue weighted by Gasteiger charge is -2.23. The van der Waals surface area contributed by atoms with E-state index in [1.807, 2.05) is 24.3 Å². The van der Waals surface area contributed by atoms with Crippen LogP contribution in [0.25, 0.3) is 0 Å². The number of hydrogen-bond donors (Lipinski definition) is 2. The Labute approximate surface area is 147 Å². The molecule has 1 aromatic carbocycles. The molecular formula is C17H22ClN3O3. The van der Waals surface area contributed by atoms with E-state index in [0.29, 0.717) is 17.4 Å². The van der Waals surface area contributed by atoms with Gasteiger partial charge in [0.05, 0.1) is 12.7 Å². The smallest absolute Gasteiger partial charge is 0.412 e. The van der Waals surface area contributed by atoms with E-state index in [1.165, 1.54) is 35.9 Å². The molecule has 130 valence electrons. The first-order chi connectivity index (χ1) is 11.2. The van der Waals surface area contributed by atoms with Gasteiger partial charge in [-0.2, -0.15) is 0 Å². The van der Waals surface area contributed by atoms with E-state index in [2.05, 4.69) is 10.3 Å². The normalized spacial score (nSPS) is 14.8. The zero-order valence-electron chi connectivity index (χ0n) is 13.4. The summed E-state index contributed by atoms with van der Waals surface area (Å²) in [7, 11) is 0. The third-order valence-electron chi connectivity index (χ3n) is 4.26. The van der Waals surface area contributed by atoms with Gasteiger partial charge in [0.25, 0.3) is 0 Å². The standard InChI is InChI=1S/C17H21N3O3.ClH/c21-17(22)20(11-16-10-19-12-23-16)15-3-1-13(2-4-15)9-14-5-7-18-8-6-14;/h1-4,10,12,14,18H,5-9,11H2,(H,21,22);1H. The first-order valence-electron chi connectivity index (χ1n) is 7.90. The molecule has 1 aliphatic heterocycles. The summed E-state index contributed by atoms with van der Waals surface area (Å²) >= 11 is 0. The van der Waals surface area contributed by atoms with E-state index < -0.39 is 6.09 Å². The van der Waals surface area contributed by atoms with Crippen LogP contribution in [0, 0.1) is 5.92 Å². The average molecular weight is 352 g/mol. The van der Waals surface area contributed by atoms with Gasteiger partial charge in [-0.1, -0.05) is 12.1 Å². The summed E-state index contributed by atoms with van der Waals surface area (Å²) in [6.45, 7) is 2.34. The van der Waals surface area contributed by atoms with Crippen LogP contribution in [0.5, 0.6) is 0 Å². The molecular weight excluding hydrogens is 330 g/mol. The maximum atomic E-state index is 11.5. The predicted molar refractivity (Wildman–Crippen MR) is 93.7 cm³/mol. The van der Waals surface area contributed by atoms with E-state index >= 15 is 0 Å². The molecule has 0 radical (unpaired) electrons. The minimum Gasteiger partial charge on any atom is -0.465 e. The average Bonchev–Trinajstić information content (AvgIpc) is 3.07. The molecule has 1 saturated heterocycles. The summed E-state index contributed by atoms with van der Waals surface area (Å²) in [4.78, 5) is 16.6. The first kappa shape index (κ1) is 18.3. The summed E-state index contributed by atoms with van der Waals surface area (Å²) in [5.41, 5.74) is 1.90. The molecule has 1 aromatic heterocycles. The second-order valence-corrected chi connectivity index (χ2v) is 5.90. The quantitative estimate of drug-likeness (QED) is 0.863. The number of carboxylic acid groups (broad SMARTS) is 1. The van der Waals surface area contributed by atoms with Gasteiger partial charge in [-0.15, -0.1) is 12.4 Å². The predicted octanol–water partition coefficient (Wildman–Crippen LogP) is 3.32. The number of aromatic nitrogens is 1.